The van der Waals surface area contributed by atoms with Crippen LogP contribution < -0.4 is 5.73 Å². The molecule has 0 amide bonds. The predicted molar refractivity (Wildman–Crippen MR) is 94.3 cm³/mol. The third-order valence-corrected chi connectivity index (χ3v) is 6.44. The van der Waals surface area contributed by atoms with E-state index in [2.05, 4.69) is 26.8 Å². The molecule has 0 spiro atoms. The van der Waals surface area contributed by atoms with Gasteiger partial charge in [-0.1, -0.05) is 5.92 Å². The van der Waals surface area contributed by atoms with Crippen LogP contribution in [0.1, 0.15) is 44.9 Å². The average molecular weight is 337 g/mol. The molecule has 130 valence electrons. The van der Waals surface area contributed by atoms with Crippen LogP contribution in [0.2, 0.25) is 0 Å². The van der Waals surface area contributed by atoms with Crippen molar-refractivity contribution in [1.82, 2.24) is 19.5 Å². The molecule has 4 fully saturated rings. The number of nitrogens with zero attached hydrogens (tertiary/aromatic N) is 4. The van der Waals surface area contributed by atoms with Crippen LogP contribution in [0.4, 0.5) is 5.82 Å². The molecule has 3 N–H and O–H groups in total. The van der Waals surface area contributed by atoms with Gasteiger partial charge in [0.2, 0.25) is 5.82 Å². The Balaban J connectivity index is 1.51. The summed E-state index contributed by atoms with van der Waals surface area (Å²) in [6.07, 6.45) is 7.27. The van der Waals surface area contributed by atoms with E-state index in [4.69, 9.17) is 5.73 Å². The summed E-state index contributed by atoms with van der Waals surface area (Å²) < 4.78 is 1.94. The number of hydrogen-bond donors (Lipinski definition) is 2. The second-order valence-electron chi connectivity index (χ2n) is 8.09. The Morgan fingerprint density at radius 2 is 2.04 bits per heavy atom. The van der Waals surface area contributed by atoms with Gasteiger partial charge in [0.15, 0.2) is 11.5 Å². The summed E-state index contributed by atoms with van der Waals surface area (Å²) in [4.78, 5) is 13.1. The smallest absolute Gasteiger partial charge is 0.208 e. The van der Waals surface area contributed by atoms with Gasteiger partial charge in [-0.2, -0.15) is 0 Å². The number of anilines is 1. The van der Waals surface area contributed by atoms with Crippen molar-refractivity contribution in [3.8, 4) is 11.8 Å². The number of aryl methyl sites for hydroxylation is 1. The van der Waals surface area contributed by atoms with Crippen LogP contribution in [-0.4, -0.2) is 30.2 Å². The first-order valence-corrected chi connectivity index (χ1v) is 9.28. The Labute approximate surface area is 146 Å². The van der Waals surface area contributed by atoms with Gasteiger partial charge in [0.05, 0.1) is 17.8 Å². The lowest BCUT2D eigenvalue weighted by molar-refractivity contribution is -0.152. The number of nitrogen functional groups attached to an aromatic ring is 1. The third-order valence-electron chi connectivity index (χ3n) is 6.44. The van der Waals surface area contributed by atoms with Gasteiger partial charge in [-0.3, -0.25) is 0 Å². The van der Waals surface area contributed by atoms with E-state index in [0.717, 1.165) is 25.0 Å². The topological polar surface area (TPSA) is 89.9 Å². The SMILES string of the molecule is CCn1cnc2c(N)nc(C#CC3C4CC5CC(C4)CC3(O)C5)nc21. The maximum atomic E-state index is 11.1. The summed E-state index contributed by atoms with van der Waals surface area (Å²) in [5, 5.41) is 11.1. The Kier molecular flexibility index (Phi) is 3.14. The summed E-state index contributed by atoms with van der Waals surface area (Å²) >= 11 is 0. The molecular weight excluding hydrogens is 314 g/mol. The van der Waals surface area contributed by atoms with E-state index in [1.165, 1.54) is 19.3 Å². The third kappa shape index (κ3) is 2.26. The number of aliphatic hydroxyl groups is 1. The second kappa shape index (κ2) is 5.18. The first-order valence-electron chi connectivity index (χ1n) is 9.28. The average Bonchev–Trinajstić information content (AvgIpc) is 2.96. The number of imidazole rings is 1. The van der Waals surface area contributed by atoms with Crippen molar-refractivity contribution in [2.24, 2.45) is 23.7 Å². The van der Waals surface area contributed by atoms with Crippen LogP contribution in [0.3, 0.4) is 0 Å². The zero-order valence-corrected chi connectivity index (χ0v) is 14.4. The molecule has 0 saturated heterocycles. The standard InChI is InChI=1S/C19H23N5O/c1-2-24-10-21-16-17(20)22-15(23-18(16)24)4-3-14-13-6-11-5-12(7-13)9-19(14,25)8-11/h10-14,25H,2,5-9H2,1H3,(H2,20,22,23). The van der Waals surface area contributed by atoms with E-state index < -0.39 is 5.60 Å². The highest BCUT2D eigenvalue weighted by atomic mass is 16.3. The fourth-order valence-electron chi connectivity index (χ4n) is 5.65. The predicted octanol–water partition coefficient (Wildman–Crippen LogP) is 1.97. The Hall–Kier alpha value is -2.13. The Morgan fingerprint density at radius 3 is 2.72 bits per heavy atom. The number of rotatable bonds is 1. The van der Waals surface area contributed by atoms with Crippen molar-refractivity contribution in [1.29, 1.82) is 0 Å². The van der Waals surface area contributed by atoms with Gasteiger partial charge in [0.25, 0.3) is 0 Å². The number of nitrogens with two attached hydrogens (primary N) is 1. The van der Waals surface area contributed by atoms with Gasteiger partial charge in [-0.15, -0.1) is 0 Å². The lowest BCUT2D eigenvalue weighted by Crippen LogP contribution is -2.56. The van der Waals surface area contributed by atoms with Crippen LogP contribution >= 0.6 is 0 Å². The Morgan fingerprint density at radius 1 is 1.28 bits per heavy atom. The maximum absolute atomic E-state index is 11.1. The van der Waals surface area contributed by atoms with Gasteiger partial charge < -0.3 is 15.4 Å². The van der Waals surface area contributed by atoms with Crippen molar-refractivity contribution in [3.63, 3.8) is 0 Å². The molecule has 2 heterocycles. The number of fused-ring (bicyclic) bond motifs is 1. The van der Waals surface area contributed by atoms with Gasteiger partial charge in [-0.05, 0) is 62.7 Å². The zero-order chi connectivity index (χ0) is 17.2. The molecule has 0 aliphatic heterocycles. The van der Waals surface area contributed by atoms with Crippen LogP contribution in [0.5, 0.6) is 0 Å². The molecule has 0 radical (unpaired) electrons. The van der Waals surface area contributed by atoms with Gasteiger partial charge in [-0.25, -0.2) is 15.0 Å². The molecule has 6 nitrogen and oxygen atoms in total. The first kappa shape index (κ1) is 15.2. The monoisotopic (exact) mass is 337 g/mol. The zero-order valence-electron chi connectivity index (χ0n) is 14.4. The fraction of sp³-hybridized carbons (Fsp3) is 0.632. The van der Waals surface area contributed by atoms with E-state index in [9.17, 15) is 5.11 Å². The highest BCUT2D eigenvalue weighted by Crippen LogP contribution is 2.58. The van der Waals surface area contributed by atoms with Crippen LogP contribution in [0.15, 0.2) is 6.33 Å². The lowest BCUT2D eigenvalue weighted by Gasteiger charge is -2.57. The largest absolute Gasteiger partial charge is 0.389 e. The molecule has 2 aromatic rings. The minimum absolute atomic E-state index is 0.0388. The normalized spacial score (nSPS) is 35.8. The molecule has 4 saturated carbocycles. The molecule has 4 aliphatic carbocycles. The number of aromatic nitrogens is 4. The first-order chi connectivity index (χ1) is 12.1. The van der Waals surface area contributed by atoms with Crippen LogP contribution in [0.25, 0.3) is 11.2 Å². The van der Waals surface area contributed by atoms with Crippen molar-refractivity contribution < 1.29 is 5.11 Å². The molecule has 4 aliphatic rings. The molecule has 4 bridgehead atoms. The van der Waals surface area contributed by atoms with Gasteiger partial charge >= 0.3 is 0 Å². The highest BCUT2D eigenvalue weighted by Gasteiger charge is 2.55. The van der Waals surface area contributed by atoms with Crippen LogP contribution in [0, 0.1) is 35.5 Å². The Bertz CT molecular complexity index is 894. The van der Waals surface area contributed by atoms with Crippen molar-refractivity contribution in [2.45, 2.75) is 51.2 Å². The molecule has 25 heavy (non-hydrogen) atoms. The lowest BCUT2D eigenvalue weighted by atomic mass is 9.50. The quantitative estimate of drug-likeness (QED) is 0.777. The van der Waals surface area contributed by atoms with Crippen molar-refractivity contribution >= 4 is 17.0 Å². The minimum Gasteiger partial charge on any atom is -0.389 e. The summed E-state index contributed by atoms with van der Waals surface area (Å²) in [5.74, 6) is 9.20. The second-order valence-corrected chi connectivity index (χ2v) is 8.09. The summed E-state index contributed by atoms with van der Waals surface area (Å²) in [5.41, 5.74) is 6.77. The van der Waals surface area contributed by atoms with Crippen molar-refractivity contribution in [3.05, 3.63) is 12.2 Å². The summed E-state index contributed by atoms with van der Waals surface area (Å²) in [6.45, 7) is 2.81. The molecule has 6 rings (SSSR count). The van der Waals surface area contributed by atoms with E-state index in [1.807, 2.05) is 11.5 Å². The summed E-state index contributed by atoms with van der Waals surface area (Å²) in [7, 11) is 0. The molecule has 3 atom stereocenters. The fourth-order valence-corrected chi connectivity index (χ4v) is 5.65. The molecule has 0 aromatic carbocycles. The minimum atomic E-state index is -0.609. The summed E-state index contributed by atoms with van der Waals surface area (Å²) in [6, 6.07) is 0. The maximum Gasteiger partial charge on any atom is 0.208 e. The molecule has 3 unspecified atom stereocenters. The van der Waals surface area contributed by atoms with E-state index in [0.29, 0.717) is 34.9 Å². The van der Waals surface area contributed by atoms with Gasteiger partial charge in [0, 0.05) is 6.54 Å². The van der Waals surface area contributed by atoms with E-state index >= 15 is 0 Å². The van der Waals surface area contributed by atoms with Gasteiger partial charge in [0.1, 0.15) is 5.52 Å². The molecule has 6 heteroatoms. The van der Waals surface area contributed by atoms with E-state index in [1.54, 1.807) is 6.33 Å². The van der Waals surface area contributed by atoms with Crippen LogP contribution in [-0.2, 0) is 6.54 Å². The molecular formula is C19H23N5O. The van der Waals surface area contributed by atoms with Crippen molar-refractivity contribution in [2.75, 3.05) is 5.73 Å². The molecule has 2 aromatic heterocycles. The number of hydrogen-bond acceptors (Lipinski definition) is 5. The highest BCUT2D eigenvalue weighted by molar-refractivity contribution is 5.81. The van der Waals surface area contributed by atoms with E-state index in [-0.39, 0.29) is 5.92 Å².